The average Bonchev–Trinajstić information content (AvgIpc) is 3.12. The zero-order valence-corrected chi connectivity index (χ0v) is 23.1. The molecular weight excluding hydrogens is 586 g/mol. The Morgan fingerprint density at radius 3 is 2.44 bits per heavy atom. The lowest BCUT2D eigenvalue weighted by atomic mass is 10.2. The summed E-state index contributed by atoms with van der Waals surface area (Å²) < 4.78 is 32.0. The molecule has 0 bridgehead atoms. The second-order valence-electron chi connectivity index (χ2n) is 7.79. The fraction of sp³-hybridized carbons (Fsp3) is 0.280. The van der Waals surface area contributed by atoms with Gasteiger partial charge in [-0.3, -0.25) is 4.57 Å². The molecule has 0 saturated carbocycles. The monoisotopic (exact) mass is 612 g/mol. The van der Waals surface area contributed by atoms with Crippen LogP contribution in [0.15, 0.2) is 60.7 Å². The largest absolute Gasteiger partial charge is 0.452 e. The molecule has 1 aliphatic rings. The summed E-state index contributed by atoms with van der Waals surface area (Å²) in [5.41, 5.74) is 3.86. The van der Waals surface area contributed by atoms with Crippen molar-refractivity contribution in [1.29, 1.82) is 0 Å². The Bertz CT molecular complexity index is 1200. The second kappa shape index (κ2) is 10.9. The van der Waals surface area contributed by atoms with E-state index < -0.39 is 13.9 Å². The van der Waals surface area contributed by atoms with Crippen LogP contribution < -0.4 is 20.3 Å². The standard InChI is InChI=1S/C25H27ClIN2O4P/c1-4-31-34(30,32-5-2)24-13-19(12-11-17(24)3)33-25-28-22-15-21(27)20(26)14-23(22)29(25)16-18-9-7-6-8-10-18/h6-15,25,28H,4-5,16H2,1-3H3. The van der Waals surface area contributed by atoms with Gasteiger partial charge in [0.1, 0.15) is 5.75 Å². The lowest BCUT2D eigenvalue weighted by molar-refractivity contribution is 0.225. The van der Waals surface area contributed by atoms with E-state index in [-0.39, 0.29) is 13.2 Å². The highest BCUT2D eigenvalue weighted by molar-refractivity contribution is 14.1. The van der Waals surface area contributed by atoms with Crippen molar-refractivity contribution in [3.8, 4) is 5.75 Å². The molecule has 3 aromatic rings. The number of nitrogens with zero attached hydrogens (tertiary/aromatic N) is 1. The summed E-state index contributed by atoms with van der Waals surface area (Å²) in [5.74, 6) is 0.560. The van der Waals surface area contributed by atoms with Crippen LogP contribution in [-0.4, -0.2) is 19.6 Å². The minimum Gasteiger partial charge on any atom is -0.452 e. The number of halogens is 2. The number of hydrogen-bond acceptors (Lipinski definition) is 6. The number of rotatable bonds is 9. The van der Waals surface area contributed by atoms with Gasteiger partial charge < -0.3 is 24.0 Å². The molecule has 3 aromatic carbocycles. The maximum absolute atomic E-state index is 13.4. The quantitative estimate of drug-likeness (QED) is 0.209. The number of aryl methyl sites for hydroxylation is 1. The van der Waals surface area contributed by atoms with Gasteiger partial charge in [-0.05, 0) is 78.8 Å². The van der Waals surface area contributed by atoms with Crippen LogP contribution in [0.25, 0.3) is 0 Å². The normalized spacial score (nSPS) is 15.2. The van der Waals surface area contributed by atoms with Gasteiger partial charge in [0.15, 0.2) is 0 Å². The van der Waals surface area contributed by atoms with Gasteiger partial charge in [0.05, 0.1) is 34.9 Å². The van der Waals surface area contributed by atoms with Crippen LogP contribution >= 0.6 is 41.8 Å². The predicted molar refractivity (Wildman–Crippen MR) is 147 cm³/mol. The molecule has 0 radical (unpaired) electrons. The number of hydrogen-bond donors (Lipinski definition) is 1. The molecule has 1 N–H and O–H groups in total. The first kappa shape index (κ1) is 25.3. The zero-order valence-electron chi connectivity index (χ0n) is 19.3. The lowest BCUT2D eigenvalue weighted by Gasteiger charge is -2.28. The SMILES string of the molecule is CCOP(=O)(OCC)c1cc(OC2Nc3cc(I)c(Cl)cc3N2Cc2ccccc2)ccc1C. The molecule has 4 rings (SSSR count). The van der Waals surface area contributed by atoms with Crippen molar-refractivity contribution >= 4 is 58.5 Å². The van der Waals surface area contributed by atoms with Gasteiger partial charge in [-0.15, -0.1) is 0 Å². The Balaban J connectivity index is 1.67. The molecule has 1 atom stereocenters. The van der Waals surface area contributed by atoms with Crippen LogP contribution in [0.2, 0.25) is 5.02 Å². The van der Waals surface area contributed by atoms with E-state index >= 15 is 0 Å². The number of fused-ring (bicyclic) bond motifs is 1. The summed E-state index contributed by atoms with van der Waals surface area (Å²) in [6, 6.07) is 19.6. The molecular formula is C25H27ClIN2O4P. The van der Waals surface area contributed by atoms with Crippen molar-refractivity contribution in [2.75, 3.05) is 23.4 Å². The van der Waals surface area contributed by atoms with Gasteiger partial charge in [-0.25, -0.2) is 0 Å². The molecule has 0 saturated heterocycles. The maximum Gasteiger partial charge on any atom is 0.361 e. The lowest BCUT2D eigenvalue weighted by Crippen LogP contribution is -2.40. The van der Waals surface area contributed by atoms with Crippen LogP contribution in [0.3, 0.4) is 0 Å². The van der Waals surface area contributed by atoms with Gasteiger partial charge in [0.25, 0.3) is 6.35 Å². The highest BCUT2D eigenvalue weighted by atomic mass is 127. The summed E-state index contributed by atoms with van der Waals surface area (Å²) in [7, 11) is -3.46. The topological polar surface area (TPSA) is 60.0 Å². The van der Waals surface area contributed by atoms with E-state index in [2.05, 4.69) is 44.9 Å². The molecule has 9 heteroatoms. The number of benzene rings is 3. The highest BCUT2D eigenvalue weighted by Gasteiger charge is 2.33. The van der Waals surface area contributed by atoms with Gasteiger partial charge in [-0.2, -0.15) is 0 Å². The molecule has 34 heavy (non-hydrogen) atoms. The van der Waals surface area contributed by atoms with Crippen LogP contribution in [-0.2, 0) is 20.2 Å². The molecule has 0 aliphatic carbocycles. The maximum atomic E-state index is 13.4. The Kier molecular flexibility index (Phi) is 8.10. The molecule has 0 aromatic heterocycles. The molecule has 6 nitrogen and oxygen atoms in total. The molecule has 180 valence electrons. The molecule has 1 aliphatic heterocycles. The molecule has 0 fully saturated rings. The van der Waals surface area contributed by atoms with Gasteiger partial charge in [-0.1, -0.05) is 48.0 Å². The van der Waals surface area contributed by atoms with E-state index in [1.54, 1.807) is 19.9 Å². The van der Waals surface area contributed by atoms with Crippen molar-refractivity contribution < 1.29 is 18.3 Å². The molecule has 1 heterocycles. The minimum absolute atomic E-state index is 0.283. The third kappa shape index (κ3) is 5.39. The van der Waals surface area contributed by atoms with E-state index in [9.17, 15) is 4.57 Å². The Labute approximate surface area is 219 Å². The van der Waals surface area contributed by atoms with E-state index in [0.717, 1.165) is 26.1 Å². The Morgan fingerprint density at radius 1 is 1.06 bits per heavy atom. The molecule has 0 amide bonds. The van der Waals surface area contributed by atoms with Crippen molar-refractivity contribution in [2.24, 2.45) is 0 Å². The zero-order chi connectivity index (χ0) is 24.3. The summed E-state index contributed by atoms with van der Waals surface area (Å²) in [5, 5.41) is 4.65. The first-order chi connectivity index (χ1) is 16.3. The minimum atomic E-state index is -3.46. The van der Waals surface area contributed by atoms with Gasteiger partial charge in [0, 0.05) is 10.1 Å². The van der Waals surface area contributed by atoms with Gasteiger partial charge in [0.2, 0.25) is 0 Å². The average molecular weight is 613 g/mol. The summed E-state index contributed by atoms with van der Waals surface area (Å²) in [4.78, 5) is 2.12. The number of ether oxygens (including phenoxy) is 1. The van der Waals surface area contributed by atoms with Crippen molar-refractivity contribution in [1.82, 2.24) is 0 Å². The molecule has 0 spiro atoms. The number of nitrogens with one attached hydrogen (secondary N) is 1. The predicted octanol–water partition coefficient (Wildman–Crippen LogP) is 6.94. The fourth-order valence-electron chi connectivity index (χ4n) is 3.87. The van der Waals surface area contributed by atoms with Crippen LogP contribution in [0, 0.1) is 10.5 Å². The highest BCUT2D eigenvalue weighted by Crippen LogP contribution is 2.48. The molecule has 1 unspecified atom stereocenters. The third-order valence-corrected chi connectivity index (χ3v) is 9.22. The van der Waals surface area contributed by atoms with E-state index in [0.29, 0.717) is 22.6 Å². The fourth-order valence-corrected chi connectivity index (χ4v) is 6.32. The summed E-state index contributed by atoms with van der Waals surface area (Å²) in [6.07, 6.45) is -0.487. The number of anilines is 2. The van der Waals surface area contributed by atoms with Gasteiger partial charge >= 0.3 is 7.60 Å². The van der Waals surface area contributed by atoms with E-state index in [1.807, 2.05) is 49.4 Å². The smallest absolute Gasteiger partial charge is 0.361 e. The van der Waals surface area contributed by atoms with Crippen LogP contribution in [0.1, 0.15) is 25.0 Å². The summed E-state index contributed by atoms with van der Waals surface area (Å²) in [6.45, 7) is 6.68. The van der Waals surface area contributed by atoms with Crippen LogP contribution in [0.4, 0.5) is 11.4 Å². The van der Waals surface area contributed by atoms with E-state index in [4.69, 9.17) is 25.4 Å². The van der Waals surface area contributed by atoms with Crippen molar-refractivity contribution in [3.05, 3.63) is 80.4 Å². The third-order valence-electron chi connectivity index (χ3n) is 5.43. The Morgan fingerprint density at radius 2 is 1.76 bits per heavy atom. The van der Waals surface area contributed by atoms with Crippen molar-refractivity contribution in [3.63, 3.8) is 0 Å². The first-order valence-electron chi connectivity index (χ1n) is 11.1. The first-order valence-corrected chi connectivity index (χ1v) is 14.1. The van der Waals surface area contributed by atoms with E-state index in [1.165, 1.54) is 0 Å². The Hall–Kier alpha value is -1.77. The van der Waals surface area contributed by atoms with Crippen LogP contribution in [0.5, 0.6) is 5.75 Å². The second-order valence-corrected chi connectivity index (χ2v) is 11.4. The summed E-state index contributed by atoms with van der Waals surface area (Å²) >= 11 is 8.68. The van der Waals surface area contributed by atoms with Crippen molar-refractivity contribution in [2.45, 2.75) is 33.7 Å².